The van der Waals surface area contributed by atoms with Gasteiger partial charge in [-0.05, 0) is 42.8 Å². The average Bonchev–Trinajstić information content (AvgIpc) is 3.15. The molecule has 3 aromatic rings. The summed E-state index contributed by atoms with van der Waals surface area (Å²) in [5.74, 6) is -0.111. The summed E-state index contributed by atoms with van der Waals surface area (Å²) < 4.78 is 1.86. The molecule has 4 rings (SSSR count). The van der Waals surface area contributed by atoms with Gasteiger partial charge in [0.05, 0.1) is 12.6 Å². The normalized spacial score (nSPS) is 17.8. The van der Waals surface area contributed by atoms with Crippen LogP contribution in [0.2, 0.25) is 0 Å². The molecule has 2 aromatic heterocycles. The lowest BCUT2D eigenvalue weighted by atomic mass is 10.0. The molecule has 1 unspecified atom stereocenters. The molecule has 1 atom stereocenters. The Morgan fingerprint density at radius 2 is 2.12 bits per heavy atom. The summed E-state index contributed by atoms with van der Waals surface area (Å²) in [6, 6.07) is 11.1. The molecule has 1 aliphatic heterocycles. The van der Waals surface area contributed by atoms with Gasteiger partial charge >= 0.3 is 0 Å². The second-order valence-electron chi connectivity index (χ2n) is 6.48. The SMILES string of the molecule is O=C(c1cc2ccccc2c(=O)[nH]1)N1CCCCC1Cn1cccn1. The molecule has 0 bridgehead atoms. The topological polar surface area (TPSA) is 71.0 Å². The van der Waals surface area contributed by atoms with E-state index in [1.807, 2.05) is 40.0 Å². The van der Waals surface area contributed by atoms with Crippen molar-refractivity contribution >= 4 is 16.7 Å². The van der Waals surface area contributed by atoms with Gasteiger partial charge in [-0.1, -0.05) is 18.2 Å². The van der Waals surface area contributed by atoms with Gasteiger partial charge in [0.15, 0.2) is 0 Å². The van der Waals surface area contributed by atoms with Crippen molar-refractivity contribution in [3.05, 3.63) is 64.8 Å². The predicted octanol–water partition coefficient (Wildman–Crippen LogP) is 2.42. The minimum atomic E-state index is -0.220. The number of aromatic amines is 1. The van der Waals surface area contributed by atoms with Gasteiger partial charge in [-0.15, -0.1) is 0 Å². The molecule has 1 aliphatic rings. The lowest BCUT2D eigenvalue weighted by Gasteiger charge is -2.35. The number of amides is 1. The number of rotatable bonds is 3. The van der Waals surface area contributed by atoms with Crippen LogP contribution in [0.4, 0.5) is 0 Å². The van der Waals surface area contributed by atoms with Crippen LogP contribution in [0.3, 0.4) is 0 Å². The molecule has 1 aromatic carbocycles. The maximum atomic E-state index is 13.1. The zero-order chi connectivity index (χ0) is 17.2. The zero-order valence-corrected chi connectivity index (χ0v) is 13.9. The monoisotopic (exact) mass is 336 g/mol. The summed E-state index contributed by atoms with van der Waals surface area (Å²) in [6.45, 7) is 1.39. The van der Waals surface area contributed by atoms with Gasteiger partial charge < -0.3 is 9.88 Å². The number of nitrogens with one attached hydrogen (secondary N) is 1. The first kappa shape index (κ1) is 15.6. The molecule has 1 N–H and O–H groups in total. The first-order chi connectivity index (χ1) is 12.2. The van der Waals surface area contributed by atoms with E-state index >= 15 is 0 Å². The lowest BCUT2D eigenvalue weighted by molar-refractivity contribution is 0.0578. The quantitative estimate of drug-likeness (QED) is 0.798. The molecule has 128 valence electrons. The van der Waals surface area contributed by atoms with Crippen molar-refractivity contribution in [2.45, 2.75) is 31.8 Å². The summed E-state index contributed by atoms with van der Waals surface area (Å²) in [4.78, 5) is 30.0. The number of fused-ring (bicyclic) bond motifs is 1. The summed E-state index contributed by atoms with van der Waals surface area (Å²) >= 11 is 0. The Kier molecular flexibility index (Phi) is 4.09. The first-order valence-corrected chi connectivity index (χ1v) is 8.63. The highest BCUT2D eigenvalue weighted by molar-refractivity contribution is 5.96. The van der Waals surface area contributed by atoms with Crippen molar-refractivity contribution in [1.29, 1.82) is 0 Å². The Morgan fingerprint density at radius 3 is 2.96 bits per heavy atom. The molecule has 6 heteroatoms. The fourth-order valence-corrected chi connectivity index (χ4v) is 3.56. The maximum Gasteiger partial charge on any atom is 0.270 e. The Labute approximate surface area is 145 Å². The highest BCUT2D eigenvalue weighted by Gasteiger charge is 2.28. The minimum absolute atomic E-state index is 0.0936. The molecule has 0 spiro atoms. The van der Waals surface area contributed by atoms with Gasteiger partial charge in [-0.2, -0.15) is 5.10 Å². The Hall–Kier alpha value is -2.89. The van der Waals surface area contributed by atoms with E-state index in [1.54, 1.807) is 18.3 Å². The second kappa shape index (κ2) is 6.55. The van der Waals surface area contributed by atoms with Gasteiger partial charge in [0, 0.05) is 24.3 Å². The Bertz CT molecular complexity index is 945. The van der Waals surface area contributed by atoms with E-state index < -0.39 is 0 Å². The highest BCUT2D eigenvalue weighted by Crippen LogP contribution is 2.21. The van der Waals surface area contributed by atoms with Crippen LogP contribution >= 0.6 is 0 Å². The van der Waals surface area contributed by atoms with Crippen molar-refractivity contribution in [3.8, 4) is 0 Å². The van der Waals surface area contributed by atoms with Crippen LogP contribution < -0.4 is 5.56 Å². The molecule has 6 nitrogen and oxygen atoms in total. The van der Waals surface area contributed by atoms with E-state index in [2.05, 4.69) is 10.1 Å². The van der Waals surface area contributed by atoms with Crippen molar-refractivity contribution in [3.63, 3.8) is 0 Å². The van der Waals surface area contributed by atoms with E-state index in [0.717, 1.165) is 24.6 Å². The third kappa shape index (κ3) is 3.07. The number of carbonyl (C=O) groups excluding carboxylic acids is 1. The predicted molar refractivity (Wildman–Crippen MR) is 95.5 cm³/mol. The fourth-order valence-electron chi connectivity index (χ4n) is 3.56. The van der Waals surface area contributed by atoms with Crippen LogP contribution in [-0.2, 0) is 6.54 Å². The summed E-state index contributed by atoms with van der Waals surface area (Å²) in [6.07, 6.45) is 6.69. The van der Waals surface area contributed by atoms with Gasteiger partial charge in [-0.25, -0.2) is 0 Å². The molecule has 0 saturated carbocycles. The summed E-state index contributed by atoms with van der Waals surface area (Å²) in [7, 11) is 0. The summed E-state index contributed by atoms with van der Waals surface area (Å²) in [5.41, 5.74) is 0.137. The van der Waals surface area contributed by atoms with E-state index in [9.17, 15) is 9.59 Å². The first-order valence-electron chi connectivity index (χ1n) is 8.63. The van der Waals surface area contributed by atoms with Crippen LogP contribution in [0.5, 0.6) is 0 Å². The number of hydrogen-bond donors (Lipinski definition) is 1. The van der Waals surface area contributed by atoms with E-state index in [0.29, 0.717) is 24.2 Å². The molecule has 25 heavy (non-hydrogen) atoms. The molecular weight excluding hydrogens is 316 g/mol. The van der Waals surface area contributed by atoms with E-state index in [4.69, 9.17) is 0 Å². The number of piperidine rings is 1. The molecule has 0 radical (unpaired) electrons. The largest absolute Gasteiger partial charge is 0.333 e. The lowest BCUT2D eigenvalue weighted by Crippen LogP contribution is -2.46. The highest BCUT2D eigenvalue weighted by atomic mass is 16.2. The third-order valence-corrected chi connectivity index (χ3v) is 4.83. The number of H-pyrrole nitrogens is 1. The van der Waals surface area contributed by atoms with Crippen LogP contribution in [-0.4, -0.2) is 38.2 Å². The Balaban J connectivity index is 1.65. The van der Waals surface area contributed by atoms with E-state index in [-0.39, 0.29) is 17.5 Å². The molecule has 1 amide bonds. The van der Waals surface area contributed by atoms with Crippen LogP contribution in [0.15, 0.2) is 53.6 Å². The zero-order valence-electron chi connectivity index (χ0n) is 13.9. The van der Waals surface area contributed by atoms with Crippen LogP contribution in [0.25, 0.3) is 10.8 Å². The maximum absolute atomic E-state index is 13.1. The fraction of sp³-hybridized carbons (Fsp3) is 0.316. The van der Waals surface area contributed by atoms with Gasteiger partial charge in [0.25, 0.3) is 11.5 Å². The average molecular weight is 336 g/mol. The number of nitrogens with zero attached hydrogens (tertiary/aromatic N) is 3. The van der Waals surface area contributed by atoms with Gasteiger partial charge in [0.2, 0.25) is 0 Å². The molecule has 0 aliphatic carbocycles. The third-order valence-electron chi connectivity index (χ3n) is 4.83. The van der Waals surface area contributed by atoms with Crippen molar-refractivity contribution in [1.82, 2.24) is 19.7 Å². The van der Waals surface area contributed by atoms with Crippen molar-refractivity contribution < 1.29 is 4.79 Å². The Morgan fingerprint density at radius 1 is 1.24 bits per heavy atom. The number of carbonyl (C=O) groups is 1. The van der Waals surface area contributed by atoms with Crippen molar-refractivity contribution in [2.24, 2.45) is 0 Å². The number of benzene rings is 1. The standard InChI is InChI=1S/C19H20N4O2/c24-18-16-8-2-1-6-14(16)12-17(21-18)19(25)23-11-4-3-7-15(23)13-22-10-5-9-20-22/h1-2,5-6,8-10,12,15H,3-4,7,11,13H2,(H,21,24). The van der Waals surface area contributed by atoms with Crippen LogP contribution in [0, 0.1) is 0 Å². The summed E-state index contributed by atoms with van der Waals surface area (Å²) in [5, 5.41) is 5.64. The number of likely N-dealkylation sites (tertiary alicyclic amines) is 1. The molecular formula is C19H20N4O2. The number of aromatic nitrogens is 3. The van der Waals surface area contributed by atoms with Crippen LogP contribution in [0.1, 0.15) is 29.8 Å². The van der Waals surface area contributed by atoms with Crippen molar-refractivity contribution in [2.75, 3.05) is 6.54 Å². The molecule has 1 saturated heterocycles. The van der Waals surface area contributed by atoms with Gasteiger partial charge in [0.1, 0.15) is 5.69 Å². The molecule has 3 heterocycles. The van der Waals surface area contributed by atoms with Gasteiger partial charge in [-0.3, -0.25) is 14.3 Å². The molecule has 1 fully saturated rings. The number of pyridine rings is 1. The number of hydrogen-bond acceptors (Lipinski definition) is 3. The smallest absolute Gasteiger partial charge is 0.270 e. The van der Waals surface area contributed by atoms with E-state index in [1.165, 1.54) is 0 Å². The minimum Gasteiger partial charge on any atom is -0.333 e. The second-order valence-corrected chi connectivity index (χ2v) is 6.48.